The van der Waals surface area contributed by atoms with E-state index in [-0.39, 0.29) is 5.69 Å². The van der Waals surface area contributed by atoms with Crippen molar-refractivity contribution < 1.29 is 17.6 Å². The Hall–Kier alpha value is -3.46. The first kappa shape index (κ1) is 23.2. The third-order valence-corrected chi connectivity index (χ3v) is 6.14. The van der Waals surface area contributed by atoms with Gasteiger partial charge in [-0.2, -0.15) is 5.10 Å². The largest absolute Gasteiger partial charge is 0.318 e. The number of aromatic nitrogens is 1. The van der Waals surface area contributed by atoms with Gasteiger partial charge in [0.05, 0.1) is 18.2 Å². The van der Waals surface area contributed by atoms with Crippen molar-refractivity contribution in [2.45, 2.75) is 20.8 Å². The Morgan fingerprint density at radius 2 is 1.84 bits per heavy atom. The van der Waals surface area contributed by atoms with Crippen LogP contribution in [0.4, 0.5) is 10.1 Å². The van der Waals surface area contributed by atoms with Crippen LogP contribution in [0.5, 0.6) is 0 Å². The molecule has 0 aliphatic carbocycles. The van der Waals surface area contributed by atoms with E-state index in [1.807, 2.05) is 51.1 Å². The van der Waals surface area contributed by atoms with Crippen molar-refractivity contribution in [2.75, 3.05) is 17.1 Å². The van der Waals surface area contributed by atoms with E-state index in [0.29, 0.717) is 0 Å². The number of aryl methyl sites for hydroxylation is 2. The van der Waals surface area contributed by atoms with Gasteiger partial charge in [-0.1, -0.05) is 24.3 Å². The van der Waals surface area contributed by atoms with Crippen LogP contribution in [0.15, 0.2) is 59.7 Å². The molecule has 7 nitrogen and oxygen atoms in total. The van der Waals surface area contributed by atoms with E-state index < -0.39 is 28.3 Å². The second-order valence-electron chi connectivity index (χ2n) is 7.49. The van der Waals surface area contributed by atoms with Crippen LogP contribution >= 0.6 is 0 Å². The molecule has 168 valence electrons. The maximum atomic E-state index is 13.5. The molecule has 32 heavy (non-hydrogen) atoms. The van der Waals surface area contributed by atoms with Gasteiger partial charge < -0.3 is 4.57 Å². The number of amides is 1. The van der Waals surface area contributed by atoms with E-state index in [2.05, 4.69) is 15.1 Å². The van der Waals surface area contributed by atoms with Gasteiger partial charge in [0, 0.05) is 22.6 Å². The number of para-hydroxylation sites is 1. The molecular weight excluding hydrogens is 431 g/mol. The van der Waals surface area contributed by atoms with Crippen molar-refractivity contribution in [3.8, 4) is 5.69 Å². The van der Waals surface area contributed by atoms with Crippen molar-refractivity contribution in [1.29, 1.82) is 0 Å². The van der Waals surface area contributed by atoms with Crippen LogP contribution in [0.2, 0.25) is 0 Å². The minimum absolute atomic E-state index is 0.0633. The number of nitrogens with one attached hydrogen (secondary N) is 1. The molecule has 0 saturated carbocycles. The Kier molecular flexibility index (Phi) is 6.78. The van der Waals surface area contributed by atoms with Crippen LogP contribution in [0.3, 0.4) is 0 Å². The van der Waals surface area contributed by atoms with Crippen LogP contribution in [-0.2, 0) is 14.8 Å². The van der Waals surface area contributed by atoms with E-state index >= 15 is 0 Å². The summed E-state index contributed by atoms with van der Waals surface area (Å²) in [6.45, 7) is 5.45. The highest BCUT2D eigenvalue weighted by Crippen LogP contribution is 2.22. The van der Waals surface area contributed by atoms with Crippen molar-refractivity contribution in [1.82, 2.24) is 9.99 Å². The van der Waals surface area contributed by atoms with Gasteiger partial charge in [-0.05, 0) is 56.7 Å². The quantitative estimate of drug-likeness (QED) is 0.437. The number of rotatable bonds is 7. The second kappa shape index (κ2) is 9.35. The van der Waals surface area contributed by atoms with Crippen LogP contribution in [-0.4, -0.2) is 37.9 Å². The standard InChI is InChI=1S/C23H25FN4O3S/c1-16-8-5-6-11-22(16)28-17(2)12-19(18(28)3)14-25-26-23(29)15-27(32(4,30)31)21-10-7-9-20(24)13-21/h5-14H,15H2,1-4H3,(H,26,29)/b25-14-. The zero-order chi connectivity index (χ0) is 23.5. The Labute approximate surface area is 187 Å². The molecule has 1 N–H and O–H groups in total. The molecule has 0 bridgehead atoms. The van der Waals surface area contributed by atoms with Gasteiger partial charge >= 0.3 is 0 Å². The summed E-state index contributed by atoms with van der Waals surface area (Å²) in [5, 5.41) is 3.99. The van der Waals surface area contributed by atoms with E-state index in [1.54, 1.807) is 0 Å². The molecule has 1 heterocycles. The Morgan fingerprint density at radius 1 is 1.12 bits per heavy atom. The summed E-state index contributed by atoms with van der Waals surface area (Å²) in [4.78, 5) is 12.3. The van der Waals surface area contributed by atoms with Gasteiger partial charge in [0.1, 0.15) is 12.4 Å². The fourth-order valence-electron chi connectivity index (χ4n) is 3.47. The van der Waals surface area contributed by atoms with Crippen LogP contribution in [0.25, 0.3) is 5.69 Å². The fourth-order valence-corrected chi connectivity index (χ4v) is 4.32. The zero-order valence-corrected chi connectivity index (χ0v) is 19.1. The number of sulfonamides is 1. The summed E-state index contributed by atoms with van der Waals surface area (Å²) in [5.74, 6) is -1.25. The summed E-state index contributed by atoms with van der Waals surface area (Å²) in [7, 11) is -3.80. The molecule has 2 aromatic carbocycles. The number of hydrogen-bond donors (Lipinski definition) is 1. The maximum absolute atomic E-state index is 13.5. The number of carbonyl (C=O) groups excluding carboxylic acids is 1. The third-order valence-electron chi connectivity index (χ3n) is 5.00. The molecule has 1 aromatic heterocycles. The molecule has 0 spiro atoms. The highest BCUT2D eigenvalue weighted by molar-refractivity contribution is 7.92. The Morgan fingerprint density at radius 3 is 2.50 bits per heavy atom. The molecule has 0 aliphatic heterocycles. The lowest BCUT2D eigenvalue weighted by Crippen LogP contribution is -2.39. The van der Waals surface area contributed by atoms with E-state index in [0.717, 1.165) is 44.8 Å². The number of carbonyl (C=O) groups is 1. The minimum Gasteiger partial charge on any atom is -0.318 e. The van der Waals surface area contributed by atoms with Crippen molar-refractivity contribution in [3.63, 3.8) is 0 Å². The lowest BCUT2D eigenvalue weighted by molar-refractivity contribution is -0.119. The monoisotopic (exact) mass is 456 g/mol. The molecule has 0 fully saturated rings. The molecule has 0 unspecified atom stereocenters. The van der Waals surface area contributed by atoms with Crippen LogP contribution < -0.4 is 9.73 Å². The SMILES string of the molecule is Cc1ccccc1-n1c(C)cc(/C=N\NC(=O)CN(c2cccc(F)c2)S(C)(=O)=O)c1C. The van der Waals surface area contributed by atoms with Gasteiger partial charge in [0.25, 0.3) is 5.91 Å². The second-order valence-corrected chi connectivity index (χ2v) is 9.40. The predicted molar refractivity (Wildman–Crippen MR) is 124 cm³/mol. The summed E-state index contributed by atoms with van der Waals surface area (Å²) >= 11 is 0. The lowest BCUT2D eigenvalue weighted by atomic mass is 10.2. The molecular formula is C23H25FN4O3S. The third kappa shape index (κ3) is 5.23. The van der Waals surface area contributed by atoms with Gasteiger partial charge in [0.15, 0.2) is 0 Å². The number of hydrazone groups is 1. The lowest BCUT2D eigenvalue weighted by Gasteiger charge is -2.21. The van der Waals surface area contributed by atoms with E-state index in [1.165, 1.54) is 24.4 Å². The van der Waals surface area contributed by atoms with Crippen molar-refractivity contribution in [3.05, 3.63) is 82.9 Å². The topological polar surface area (TPSA) is 83.8 Å². The molecule has 0 saturated heterocycles. The molecule has 3 rings (SSSR count). The summed E-state index contributed by atoms with van der Waals surface area (Å²) in [5.41, 5.74) is 7.38. The van der Waals surface area contributed by atoms with Crippen LogP contribution in [0, 0.1) is 26.6 Å². The molecule has 9 heteroatoms. The Bertz CT molecular complexity index is 1280. The van der Waals surface area contributed by atoms with Gasteiger partial charge in [-0.15, -0.1) is 0 Å². The molecule has 0 aliphatic rings. The summed E-state index contributed by atoms with van der Waals surface area (Å²) in [6, 6.07) is 15.0. The summed E-state index contributed by atoms with van der Waals surface area (Å²) in [6.07, 6.45) is 2.47. The van der Waals surface area contributed by atoms with E-state index in [4.69, 9.17) is 0 Å². The van der Waals surface area contributed by atoms with Crippen molar-refractivity contribution >= 4 is 27.8 Å². The number of hydrogen-bond acceptors (Lipinski definition) is 4. The van der Waals surface area contributed by atoms with Crippen molar-refractivity contribution in [2.24, 2.45) is 5.10 Å². The summed E-state index contributed by atoms with van der Waals surface area (Å²) < 4.78 is 40.7. The maximum Gasteiger partial charge on any atom is 0.260 e. The smallest absolute Gasteiger partial charge is 0.260 e. The number of halogens is 1. The van der Waals surface area contributed by atoms with E-state index in [9.17, 15) is 17.6 Å². The zero-order valence-electron chi connectivity index (χ0n) is 18.3. The first-order valence-electron chi connectivity index (χ1n) is 9.88. The highest BCUT2D eigenvalue weighted by atomic mass is 32.2. The average molecular weight is 457 g/mol. The number of benzene rings is 2. The molecule has 0 atom stereocenters. The predicted octanol–water partition coefficient (Wildman–Crippen LogP) is 3.46. The highest BCUT2D eigenvalue weighted by Gasteiger charge is 2.21. The number of nitrogens with zero attached hydrogens (tertiary/aromatic N) is 3. The molecule has 0 radical (unpaired) electrons. The number of anilines is 1. The van der Waals surface area contributed by atoms with Gasteiger partial charge in [0.2, 0.25) is 10.0 Å². The normalized spacial score (nSPS) is 11.7. The van der Waals surface area contributed by atoms with Crippen LogP contribution in [0.1, 0.15) is 22.5 Å². The first-order valence-corrected chi connectivity index (χ1v) is 11.7. The Balaban J connectivity index is 1.75. The molecule has 1 amide bonds. The molecule has 3 aromatic rings. The average Bonchev–Trinajstić information content (AvgIpc) is 2.99. The minimum atomic E-state index is -3.80. The first-order chi connectivity index (χ1) is 15.1. The van der Waals surface area contributed by atoms with Gasteiger partial charge in [-0.25, -0.2) is 18.2 Å². The fraction of sp³-hybridized carbons (Fsp3) is 0.217. The van der Waals surface area contributed by atoms with Gasteiger partial charge in [-0.3, -0.25) is 9.10 Å².